The molecule has 5 nitrogen and oxygen atoms in total. The Morgan fingerprint density at radius 3 is 2.52 bits per heavy atom. The standard InChI is InChI=1S/C21H22Cl2N2O3S/c22-18-7-3-8-19(23)17(18)14-29(27,28)24-11-4-6-16(13-24)21(26)25-12-10-15-5-1-2-9-20(15)25/h1-3,5,7-9,16H,4,6,10-14H2/t16-/m0/s1. The minimum Gasteiger partial charge on any atom is -0.312 e. The lowest BCUT2D eigenvalue weighted by Gasteiger charge is -2.33. The average Bonchev–Trinajstić information content (AvgIpc) is 3.14. The van der Waals surface area contributed by atoms with Crippen molar-refractivity contribution < 1.29 is 13.2 Å². The van der Waals surface area contributed by atoms with Crippen molar-refractivity contribution in [2.45, 2.75) is 25.0 Å². The molecule has 1 atom stereocenters. The fraction of sp³-hybridized carbons (Fsp3) is 0.381. The number of carbonyl (C=O) groups is 1. The number of hydrogen-bond acceptors (Lipinski definition) is 3. The number of sulfonamides is 1. The van der Waals surface area contributed by atoms with Crippen molar-refractivity contribution in [2.24, 2.45) is 5.92 Å². The van der Waals surface area contributed by atoms with E-state index in [2.05, 4.69) is 0 Å². The normalized spacial score (nSPS) is 19.9. The lowest BCUT2D eigenvalue weighted by molar-refractivity contribution is -0.123. The van der Waals surface area contributed by atoms with Crippen LogP contribution in [0.2, 0.25) is 10.0 Å². The molecular weight excluding hydrogens is 431 g/mol. The summed E-state index contributed by atoms with van der Waals surface area (Å²) < 4.78 is 27.5. The monoisotopic (exact) mass is 452 g/mol. The quantitative estimate of drug-likeness (QED) is 0.700. The molecule has 0 aromatic heterocycles. The summed E-state index contributed by atoms with van der Waals surface area (Å²) >= 11 is 12.3. The van der Waals surface area contributed by atoms with E-state index >= 15 is 0 Å². The molecule has 8 heteroatoms. The number of nitrogens with zero attached hydrogens (tertiary/aromatic N) is 2. The predicted octanol–water partition coefficient (Wildman–Crippen LogP) is 4.12. The molecule has 0 saturated carbocycles. The molecule has 0 radical (unpaired) electrons. The van der Waals surface area contributed by atoms with Crippen molar-refractivity contribution in [3.05, 3.63) is 63.6 Å². The van der Waals surface area contributed by atoms with Gasteiger partial charge in [0.25, 0.3) is 0 Å². The van der Waals surface area contributed by atoms with Gasteiger partial charge in [0.1, 0.15) is 0 Å². The molecule has 1 amide bonds. The van der Waals surface area contributed by atoms with E-state index in [1.54, 1.807) is 23.1 Å². The van der Waals surface area contributed by atoms with E-state index in [0.717, 1.165) is 17.7 Å². The van der Waals surface area contributed by atoms with E-state index < -0.39 is 10.0 Å². The fourth-order valence-electron chi connectivity index (χ4n) is 4.13. The van der Waals surface area contributed by atoms with Crippen molar-refractivity contribution in [3.63, 3.8) is 0 Å². The van der Waals surface area contributed by atoms with Gasteiger partial charge in [-0.1, -0.05) is 47.5 Å². The lowest BCUT2D eigenvalue weighted by Crippen LogP contribution is -2.46. The van der Waals surface area contributed by atoms with Crippen LogP contribution in [0.3, 0.4) is 0 Å². The first-order chi connectivity index (χ1) is 13.9. The second kappa shape index (κ2) is 8.26. The number of hydrogen-bond donors (Lipinski definition) is 0. The number of benzene rings is 2. The molecule has 2 aromatic carbocycles. The van der Waals surface area contributed by atoms with Crippen LogP contribution in [0.15, 0.2) is 42.5 Å². The number of anilines is 1. The summed E-state index contributed by atoms with van der Waals surface area (Å²) in [6.07, 6.45) is 2.18. The van der Waals surface area contributed by atoms with Crippen molar-refractivity contribution in [1.29, 1.82) is 0 Å². The van der Waals surface area contributed by atoms with E-state index in [1.165, 1.54) is 4.31 Å². The van der Waals surface area contributed by atoms with Crippen molar-refractivity contribution in [1.82, 2.24) is 4.31 Å². The Labute approximate surface area is 181 Å². The Morgan fingerprint density at radius 2 is 1.76 bits per heavy atom. The molecule has 0 bridgehead atoms. The predicted molar refractivity (Wildman–Crippen MR) is 116 cm³/mol. The van der Waals surface area contributed by atoms with Gasteiger partial charge in [-0.3, -0.25) is 4.79 Å². The lowest BCUT2D eigenvalue weighted by atomic mass is 9.98. The third-order valence-corrected chi connectivity index (χ3v) is 8.15. The number of rotatable bonds is 4. The van der Waals surface area contributed by atoms with Crippen LogP contribution < -0.4 is 4.90 Å². The Hall–Kier alpha value is -1.60. The van der Waals surface area contributed by atoms with E-state index in [9.17, 15) is 13.2 Å². The van der Waals surface area contributed by atoms with Gasteiger partial charge in [0.05, 0.1) is 11.7 Å². The summed E-state index contributed by atoms with van der Waals surface area (Å²) in [5.41, 5.74) is 2.51. The minimum atomic E-state index is -3.64. The third kappa shape index (κ3) is 4.17. The summed E-state index contributed by atoms with van der Waals surface area (Å²) in [5.74, 6) is -0.601. The number of halogens is 2. The van der Waals surface area contributed by atoms with Crippen LogP contribution in [-0.2, 0) is 27.0 Å². The molecule has 0 N–H and O–H groups in total. The highest BCUT2D eigenvalue weighted by Crippen LogP contribution is 2.32. The smallest absolute Gasteiger partial charge is 0.231 e. The number of para-hydroxylation sites is 1. The first-order valence-corrected chi connectivity index (χ1v) is 12.0. The van der Waals surface area contributed by atoms with Gasteiger partial charge in [0, 0.05) is 40.9 Å². The SMILES string of the molecule is O=C([C@H]1CCCN(S(=O)(=O)Cc2c(Cl)cccc2Cl)C1)N1CCc2ccccc21. The zero-order valence-electron chi connectivity index (χ0n) is 15.9. The topological polar surface area (TPSA) is 57.7 Å². The second-order valence-corrected chi connectivity index (χ2v) is 10.3. The molecule has 2 aliphatic heterocycles. The summed E-state index contributed by atoms with van der Waals surface area (Å²) in [7, 11) is -3.64. The van der Waals surface area contributed by atoms with Crippen LogP contribution in [0.1, 0.15) is 24.0 Å². The Balaban J connectivity index is 1.50. The van der Waals surface area contributed by atoms with Crippen molar-refractivity contribution in [3.8, 4) is 0 Å². The van der Waals surface area contributed by atoms with Crippen LogP contribution in [-0.4, -0.2) is 38.3 Å². The maximum Gasteiger partial charge on any atom is 0.231 e. The zero-order valence-corrected chi connectivity index (χ0v) is 18.2. The van der Waals surface area contributed by atoms with Gasteiger partial charge in [0.2, 0.25) is 15.9 Å². The van der Waals surface area contributed by atoms with Gasteiger partial charge in [-0.15, -0.1) is 0 Å². The van der Waals surface area contributed by atoms with Gasteiger partial charge >= 0.3 is 0 Å². The van der Waals surface area contributed by atoms with Gasteiger partial charge in [0.15, 0.2) is 0 Å². The van der Waals surface area contributed by atoms with Gasteiger partial charge in [-0.2, -0.15) is 0 Å². The van der Waals surface area contributed by atoms with E-state index in [0.29, 0.717) is 41.5 Å². The molecule has 2 heterocycles. The third-order valence-electron chi connectivity index (χ3n) is 5.67. The second-order valence-electron chi connectivity index (χ2n) is 7.52. The first-order valence-electron chi connectivity index (χ1n) is 9.67. The fourth-order valence-corrected chi connectivity index (χ4v) is 6.49. The zero-order chi connectivity index (χ0) is 20.6. The molecule has 154 valence electrons. The average molecular weight is 453 g/mol. The summed E-state index contributed by atoms with van der Waals surface area (Å²) in [4.78, 5) is 15.0. The molecule has 1 fully saturated rings. The molecule has 0 spiro atoms. The summed E-state index contributed by atoms with van der Waals surface area (Å²) in [6, 6.07) is 12.8. The van der Waals surface area contributed by atoms with Crippen molar-refractivity contribution >= 4 is 44.8 Å². The number of carbonyl (C=O) groups excluding carboxylic acids is 1. The van der Waals surface area contributed by atoms with Crippen LogP contribution in [0, 0.1) is 5.92 Å². The highest BCUT2D eigenvalue weighted by Gasteiger charge is 2.36. The highest BCUT2D eigenvalue weighted by atomic mass is 35.5. The number of piperidine rings is 1. The summed E-state index contributed by atoms with van der Waals surface area (Å²) in [6.45, 7) is 1.25. The Bertz CT molecular complexity index is 1020. The molecule has 0 aliphatic carbocycles. The van der Waals surface area contributed by atoms with E-state index in [4.69, 9.17) is 23.2 Å². The number of amides is 1. The minimum absolute atomic E-state index is 0.00521. The maximum atomic E-state index is 13.2. The first kappa shape index (κ1) is 20.7. The van der Waals surface area contributed by atoms with Crippen LogP contribution in [0.5, 0.6) is 0 Å². The molecule has 2 aliphatic rings. The van der Waals surface area contributed by atoms with E-state index in [-0.39, 0.29) is 24.1 Å². The summed E-state index contributed by atoms with van der Waals surface area (Å²) in [5, 5.41) is 0.666. The van der Waals surface area contributed by atoms with Crippen LogP contribution >= 0.6 is 23.2 Å². The molecular formula is C21H22Cl2N2O3S. The van der Waals surface area contributed by atoms with Gasteiger partial charge in [-0.25, -0.2) is 12.7 Å². The maximum absolute atomic E-state index is 13.2. The highest BCUT2D eigenvalue weighted by molar-refractivity contribution is 7.88. The van der Waals surface area contributed by atoms with Crippen LogP contribution in [0.25, 0.3) is 0 Å². The Kier molecular flexibility index (Phi) is 5.89. The van der Waals surface area contributed by atoms with Gasteiger partial charge in [-0.05, 0) is 43.0 Å². The molecule has 1 saturated heterocycles. The van der Waals surface area contributed by atoms with Gasteiger partial charge < -0.3 is 4.90 Å². The molecule has 2 aromatic rings. The number of fused-ring (bicyclic) bond motifs is 1. The van der Waals surface area contributed by atoms with E-state index in [1.807, 2.05) is 24.3 Å². The molecule has 29 heavy (non-hydrogen) atoms. The van der Waals surface area contributed by atoms with Crippen LogP contribution in [0.4, 0.5) is 5.69 Å². The molecule has 4 rings (SSSR count). The largest absolute Gasteiger partial charge is 0.312 e. The van der Waals surface area contributed by atoms with Crippen molar-refractivity contribution in [2.75, 3.05) is 24.5 Å². The Morgan fingerprint density at radius 1 is 1.03 bits per heavy atom. The molecule has 0 unspecified atom stereocenters.